The molecule has 3 aromatic rings. The molecule has 1 N–H and O–H groups in total. The molecule has 0 unspecified atom stereocenters. The van der Waals surface area contributed by atoms with E-state index in [9.17, 15) is 10.1 Å². The van der Waals surface area contributed by atoms with Crippen LogP contribution < -0.4 is 10.1 Å². The highest BCUT2D eigenvalue weighted by Crippen LogP contribution is 2.35. The van der Waals surface area contributed by atoms with Crippen molar-refractivity contribution in [2.45, 2.75) is 6.61 Å². The number of amides is 1. The summed E-state index contributed by atoms with van der Waals surface area (Å²) < 4.78 is 6.89. The van der Waals surface area contributed by atoms with E-state index in [1.165, 1.54) is 0 Å². The number of ether oxygens (including phenoxy) is 1. The molecule has 0 saturated carbocycles. The first kappa shape index (κ1) is 18.0. The maximum Gasteiger partial charge on any atom is 0.256 e. The van der Waals surface area contributed by atoms with Crippen LogP contribution in [0, 0.1) is 11.3 Å². The second-order valence-corrected chi connectivity index (χ2v) is 7.21. The highest BCUT2D eigenvalue weighted by atomic mass is 79.9. The van der Waals surface area contributed by atoms with Crippen molar-refractivity contribution in [3.8, 4) is 11.8 Å². The molecule has 5 heteroatoms. The minimum Gasteiger partial charge on any atom is -0.488 e. The maximum atomic E-state index is 12.4. The van der Waals surface area contributed by atoms with Gasteiger partial charge in [0.05, 0.1) is 11.6 Å². The molecule has 0 aliphatic carbocycles. The summed E-state index contributed by atoms with van der Waals surface area (Å²) in [5, 5.41) is 12.1. The number of nitrogens with one attached hydrogen (secondary N) is 1. The Morgan fingerprint density at radius 3 is 2.71 bits per heavy atom. The Morgan fingerprint density at radius 1 is 1.07 bits per heavy atom. The molecule has 0 aromatic heterocycles. The van der Waals surface area contributed by atoms with Gasteiger partial charge in [-0.25, -0.2) is 0 Å². The van der Waals surface area contributed by atoms with E-state index in [0.717, 1.165) is 26.9 Å². The lowest BCUT2D eigenvalue weighted by atomic mass is 10.0. The minimum atomic E-state index is -0.137. The summed E-state index contributed by atoms with van der Waals surface area (Å²) in [7, 11) is 0. The maximum absolute atomic E-state index is 12.4. The Hall–Kier alpha value is -3.36. The summed E-state index contributed by atoms with van der Waals surface area (Å²) >= 11 is 3.48. The highest BCUT2D eigenvalue weighted by molar-refractivity contribution is 9.10. The number of hydrogen-bond donors (Lipinski definition) is 1. The van der Waals surface area contributed by atoms with Gasteiger partial charge >= 0.3 is 0 Å². The van der Waals surface area contributed by atoms with Gasteiger partial charge in [-0.1, -0.05) is 52.3 Å². The Bertz CT molecular complexity index is 1150. The van der Waals surface area contributed by atoms with Crippen LogP contribution in [0.4, 0.5) is 5.69 Å². The van der Waals surface area contributed by atoms with Crippen molar-refractivity contribution in [2.24, 2.45) is 0 Å². The quantitative estimate of drug-likeness (QED) is 0.564. The largest absolute Gasteiger partial charge is 0.488 e. The molecule has 4 rings (SSSR count). The molecular formula is C23H15BrN2O2. The number of hydrogen-bond acceptors (Lipinski definition) is 3. The molecule has 1 heterocycles. The molecular weight excluding hydrogens is 416 g/mol. The van der Waals surface area contributed by atoms with Crippen molar-refractivity contribution in [2.75, 3.05) is 5.32 Å². The predicted molar refractivity (Wildman–Crippen MR) is 113 cm³/mol. The number of anilines is 1. The van der Waals surface area contributed by atoms with Crippen molar-refractivity contribution in [1.82, 2.24) is 0 Å². The van der Waals surface area contributed by atoms with Gasteiger partial charge in [0, 0.05) is 32.4 Å². The molecule has 4 nitrogen and oxygen atoms in total. The molecule has 1 aliphatic heterocycles. The van der Waals surface area contributed by atoms with Gasteiger partial charge in [0.15, 0.2) is 0 Å². The molecule has 0 atom stereocenters. The molecule has 1 amide bonds. The zero-order chi connectivity index (χ0) is 19.5. The Kier molecular flexibility index (Phi) is 4.96. The molecule has 1 aliphatic rings. The second kappa shape index (κ2) is 7.71. The topological polar surface area (TPSA) is 62.1 Å². The van der Waals surface area contributed by atoms with Crippen molar-refractivity contribution < 1.29 is 9.53 Å². The first-order valence-electron chi connectivity index (χ1n) is 8.68. The van der Waals surface area contributed by atoms with E-state index in [1.54, 1.807) is 6.07 Å². The standard InChI is InChI=1S/C23H15BrN2O2/c24-18-9-10-22(28-14-16-6-2-1-5-15(16)13-25)17(11-18)12-20-19-7-3-4-8-21(19)26-23(20)27/h1-12H,14H2,(H,26,27)/b20-12-. The SMILES string of the molecule is N#Cc1ccccc1COc1ccc(Br)cc1/C=C1\C(=O)Nc2ccccc21. The van der Waals surface area contributed by atoms with Gasteiger partial charge in [-0.3, -0.25) is 4.79 Å². The summed E-state index contributed by atoms with van der Waals surface area (Å²) in [5.41, 5.74) is 4.45. The van der Waals surface area contributed by atoms with E-state index < -0.39 is 0 Å². The van der Waals surface area contributed by atoms with Crippen molar-refractivity contribution in [3.05, 3.63) is 93.5 Å². The lowest BCUT2D eigenvalue weighted by Crippen LogP contribution is -2.04. The number of carbonyl (C=O) groups is 1. The third-order valence-electron chi connectivity index (χ3n) is 4.50. The molecule has 0 fully saturated rings. The Morgan fingerprint density at radius 2 is 1.86 bits per heavy atom. The minimum absolute atomic E-state index is 0.137. The summed E-state index contributed by atoms with van der Waals surface area (Å²) in [6, 6.07) is 22.8. The van der Waals surface area contributed by atoms with E-state index in [1.807, 2.05) is 66.7 Å². The number of nitriles is 1. The van der Waals surface area contributed by atoms with Crippen molar-refractivity contribution in [3.63, 3.8) is 0 Å². The van der Waals surface area contributed by atoms with Gasteiger partial charge < -0.3 is 10.1 Å². The third-order valence-corrected chi connectivity index (χ3v) is 5.00. The predicted octanol–water partition coefficient (Wildman–Crippen LogP) is 5.39. The van der Waals surface area contributed by atoms with Gasteiger partial charge in [0.1, 0.15) is 12.4 Å². The number of rotatable bonds is 4. The zero-order valence-corrected chi connectivity index (χ0v) is 16.4. The normalized spacial score (nSPS) is 13.7. The van der Waals surface area contributed by atoms with E-state index in [4.69, 9.17) is 4.74 Å². The first-order chi connectivity index (χ1) is 13.7. The van der Waals surface area contributed by atoms with Gasteiger partial charge in [-0.05, 0) is 36.4 Å². The highest BCUT2D eigenvalue weighted by Gasteiger charge is 2.23. The molecule has 3 aromatic carbocycles. The zero-order valence-electron chi connectivity index (χ0n) is 14.8. The average molecular weight is 431 g/mol. The van der Waals surface area contributed by atoms with E-state index in [-0.39, 0.29) is 12.5 Å². The Balaban J connectivity index is 1.68. The Labute approximate surface area is 171 Å². The fraction of sp³-hybridized carbons (Fsp3) is 0.0435. The van der Waals surface area contributed by atoms with Crippen LogP contribution in [-0.4, -0.2) is 5.91 Å². The molecule has 0 radical (unpaired) electrons. The number of nitrogens with zero attached hydrogens (tertiary/aromatic N) is 1. The van der Waals surface area contributed by atoms with Gasteiger partial charge in [0.2, 0.25) is 0 Å². The van der Waals surface area contributed by atoms with Crippen LogP contribution >= 0.6 is 15.9 Å². The number of fused-ring (bicyclic) bond motifs is 1. The van der Waals surface area contributed by atoms with Gasteiger partial charge in [0.25, 0.3) is 5.91 Å². The van der Waals surface area contributed by atoms with Crippen LogP contribution in [0.3, 0.4) is 0 Å². The monoisotopic (exact) mass is 430 g/mol. The van der Waals surface area contributed by atoms with Crippen molar-refractivity contribution >= 4 is 39.2 Å². The number of benzene rings is 3. The van der Waals surface area contributed by atoms with E-state index in [0.29, 0.717) is 16.9 Å². The van der Waals surface area contributed by atoms with Crippen LogP contribution in [-0.2, 0) is 11.4 Å². The van der Waals surface area contributed by atoms with Crippen LogP contribution in [0.5, 0.6) is 5.75 Å². The summed E-state index contributed by atoms with van der Waals surface area (Å²) in [6.07, 6.45) is 1.83. The van der Waals surface area contributed by atoms with Crippen LogP contribution in [0.15, 0.2) is 71.2 Å². The smallest absolute Gasteiger partial charge is 0.256 e. The van der Waals surface area contributed by atoms with Crippen LogP contribution in [0.1, 0.15) is 22.3 Å². The van der Waals surface area contributed by atoms with Gasteiger partial charge in [-0.2, -0.15) is 5.26 Å². The van der Waals surface area contributed by atoms with E-state index in [2.05, 4.69) is 27.3 Å². The third kappa shape index (κ3) is 3.55. The molecule has 0 saturated heterocycles. The lowest BCUT2D eigenvalue weighted by Gasteiger charge is -2.11. The number of carbonyl (C=O) groups excluding carboxylic acids is 1. The molecule has 0 bridgehead atoms. The molecule has 0 spiro atoms. The van der Waals surface area contributed by atoms with E-state index >= 15 is 0 Å². The summed E-state index contributed by atoms with van der Waals surface area (Å²) in [5.74, 6) is 0.502. The first-order valence-corrected chi connectivity index (χ1v) is 9.48. The van der Waals surface area contributed by atoms with Crippen LogP contribution in [0.2, 0.25) is 0 Å². The molecule has 28 heavy (non-hydrogen) atoms. The molecule has 136 valence electrons. The lowest BCUT2D eigenvalue weighted by molar-refractivity contribution is -0.110. The van der Waals surface area contributed by atoms with Gasteiger partial charge in [-0.15, -0.1) is 0 Å². The average Bonchev–Trinajstić information content (AvgIpc) is 3.03. The summed E-state index contributed by atoms with van der Waals surface area (Å²) in [6.45, 7) is 0.268. The van der Waals surface area contributed by atoms with Crippen molar-refractivity contribution in [1.29, 1.82) is 5.26 Å². The summed E-state index contributed by atoms with van der Waals surface area (Å²) in [4.78, 5) is 12.4. The fourth-order valence-electron chi connectivity index (χ4n) is 3.11. The number of para-hydroxylation sites is 1. The number of halogens is 1. The fourth-order valence-corrected chi connectivity index (χ4v) is 3.49. The second-order valence-electron chi connectivity index (χ2n) is 6.30. The van der Waals surface area contributed by atoms with Crippen LogP contribution in [0.25, 0.3) is 11.6 Å².